The van der Waals surface area contributed by atoms with Crippen LogP contribution in [0.1, 0.15) is 31.7 Å². The van der Waals surface area contributed by atoms with Crippen molar-refractivity contribution in [1.82, 2.24) is 15.1 Å². The van der Waals surface area contributed by atoms with Crippen LogP contribution >= 0.6 is 11.3 Å². The Labute approximate surface area is 123 Å². The van der Waals surface area contributed by atoms with E-state index in [-0.39, 0.29) is 11.9 Å². The molecule has 1 N–H and O–H groups in total. The number of likely N-dealkylation sites (tertiary alicyclic amines) is 1. The van der Waals surface area contributed by atoms with Crippen LogP contribution in [0.2, 0.25) is 0 Å². The lowest BCUT2D eigenvalue weighted by Crippen LogP contribution is -2.36. The highest BCUT2D eigenvalue weighted by atomic mass is 32.1. The van der Waals surface area contributed by atoms with Crippen LogP contribution in [0.3, 0.4) is 0 Å². The molecule has 1 saturated heterocycles. The number of carbonyl (C=O) groups excluding carboxylic acids is 1. The van der Waals surface area contributed by atoms with E-state index in [9.17, 15) is 4.79 Å². The number of ether oxygens (including phenoxy) is 1. The predicted octanol–water partition coefficient (Wildman–Crippen LogP) is 1.74. The topological polar surface area (TPSA) is 67.4 Å². The zero-order valence-corrected chi connectivity index (χ0v) is 12.9. The molecule has 2 heterocycles. The summed E-state index contributed by atoms with van der Waals surface area (Å²) < 4.78 is 5.08. The van der Waals surface area contributed by atoms with Gasteiger partial charge in [0.1, 0.15) is 5.01 Å². The molecule has 1 aliphatic heterocycles. The van der Waals surface area contributed by atoms with Crippen LogP contribution in [0, 0.1) is 5.92 Å². The highest BCUT2D eigenvalue weighted by Gasteiger charge is 2.26. The summed E-state index contributed by atoms with van der Waals surface area (Å²) in [6.07, 6.45) is 1.75. The number of anilines is 1. The standard InChI is InChI=1S/C13H22N4O2S/c1-3-14-13-16-15-11(20-13)9-17-7-5-10(6-8-17)12(18)19-4-2/h10H,3-9H2,1-2H3,(H,14,16). The number of nitrogens with one attached hydrogen (secondary N) is 1. The Morgan fingerprint density at radius 1 is 1.40 bits per heavy atom. The van der Waals surface area contributed by atoms with Crippen molar-refractivity contribution in [2.24, 2.45) is 5.92 Å². The molecular formula is C13H22N4O2S. The van der Waals surface area contributed by atoms with Gasteiger partial charge in [-0.3, -0.25) is 9.69 Å². The molecule has 0 amide bonds. The lowest BCUT2D eigenvalue weighted by Gasteiger charge is -2.29. The lowest BCUT2D eigenvalue weighted by atomic mass is 9.97. The van der Waals surface area contributed by atoms with E-state index in [4.69, 9.17) is 4.74 Å². The van der Waals surface area contributed by atoms with Gasteiger partial charge in [0.2, 0.25) is 5.13 Å². The van der Waals surface area contributed by atoms with Crippen molar-refractivity contribution in [2.75, 3.05) is 31.6 Å². The maximum Gasteiger partial charge on any atom is 0.309 e. The maximum absolute atomic E-state index is 11.7. The van der Waals surface area contributed by atoms with Gasteiger partial charge in [-0.05, 0) is 39.8 Å². The molecule has 1 aliphatic rings. The minimum absolute atomic E-state index is 0.0440. The summed E-state index contributed by atoms with van der Waals surface area (Å²) in [6, 6.07) is 0. The molecule has 1 fully saturated rings. The van der Waals surface area contributed by atoms with Crippen LogP contribution in [-0.2, 0) is 16.1 Å². The Morgan fingerprint density at radius 2 is 2.15 bits per heavy atom. The fraction of sp³-hybridized carbons (Fsp3) is 0.769. The van der Waals surface area contributed by atoms with Gasteiger partial charge in [0.05, 0.1) is 19.1 Å². The van der Waals surface area contributed by atoms with E-state index in [0.717, 1.165) is 49.2 Å². The Bertz CT molecular complexity index is 430. The first-order valence-corrected chi connectivity index (χ1v) is 7.99. The van der Waals surface area contributed by atoms with Crippen molar-refractivity contribution < 1.29 is 9.53 Å². The first kappa shape index (κ1) is 15.2. The Balaban J connectivity index is 1.77. The average molecular weight is 298 g/mol. The smallest absolute Gasteiger partial charge is 0.309 e. The highest BCUT2D eigenvalue weighted by molar-refractivity contribution is 7.15. The van der Waals surface area contributed by atoms with Crippen LogP contribution in [-0.4, -0.2) is 47.3 Å². The second kappa shape index (κ2) is 7.54. The molecule has 0 radical (unpaired) electrons. The van der Waals surface area contributed by atoms with Crippen molar-refractivity contribution in [2.45, 2.75) is 33.2 Å². The van der Waals surface area contributed by atoms with Crippen molar-refractivity contribution in [3.8, 4) is 0 Å². The molecule has 7 heteroatoms. The fourth-order valence-electron chi connectivity index (χ4n) is 2.32. The molecule has 0 aliphatic carbocycles. The number of rotatable bonds is 6. The Kier molecular flexibility index (Phi) is 5.72. The molecule has 6 nitrogen and oxygen atoms in total. The largest absolute Gasteiger partial charge is 0.466 e. The van der Waals surface area contributed by atoms with Crippen LogP contribution in [0.25, 0.3) is 0 Å². The molecule has 112 valence electrons. The third kappa shape index (κ3) is 4.14. The van der Waals surface area contributed by atoms with E-state index < -0.39 is 0 Å². The molecule has 0 unspecified atom stereocenters. The second-order valence-corrected chi connectivity index (χ2v) is 5.90. The van der Waals surface area contributed by atoms with Gasteiger partial charge in [0, 0.05) is 6.54 Å². The summed E-state index contributed by atoms with van der Waals surface area (Å²) in [4.78, 5) is 14.0. The average Bonchev–Trinajstić information content (AvgIpc) is 2.88. The van der Waals surface area contributed by atoms with Gasteiger partial charge < -0.3 is 10.1 Å². The molecule has 0 spiro atoms. The van der Waals surface area contributed by atoms with Gasteiger partial charge in [-0.2, -0.15) is 0 Å². The molecule has 1 aromatic rings. The molecule has 0 aromatic carbocycles. The molecule has 20 heavy (non-hydrogen) atoms. The first-order valence-electron chi connectivity index (χ1n) is 7.18. The van der Waals surface area contributed by atoms with Gasteiger partial charge >= 0.3 is 5.97 Å². The van der Waals surface area contributed by atoms with E-state index in [1.54, 1.807) is 11.3 Å². The fourth-order valence-corrected chi connectivity index (χ4v) is 3.17. The molecular weight excluding hydrogens is 276 g/mol. The monoisotopic (exact) mass is 298 g/mol. The molecule has 0 saturated carbocycles. The third-order valence-corrected chi connectivity index (χ3v) is 4.23. The maximum atomic E-state index is 11.7. The normalized spacial score (nSPS) is 17.1. The number of carbonyl (C=O) groups is 1. The quantitative estimate of drug-likeness (QED) is 0.807. The van der Waals surface area contributed by atoms with Crippen LogP contribution < -0.4 is 5.32 Å². The number of hydrogen-bond acceptors (Lipinski definition) is 7. The first-order chi connectivity index (χ1) is 9.72. The zero-order valence-electron chi connectivity index (χ0n) is 12.1. The third-order valence-electron chi connectivity index (χ3n) is 3.36. The molecule has 0 atom stereocenters. The molecule has 1 aromatic heterocycles. The molecule has 0 bridgehead atoms. The summed E-state index contributed by atoms with van der Waals surface area (Å²) >= 11 is 1.60. The van der Waals surface area contributed by atoms with Crippen molar-refractivity contribution in [3.63, 3.8) is 0 Å². The van der Waals surface area contributed by atoms with E-state index in [0.29, 0.717) is 6.61 Å². The van der Waals surface area contributed by atoms with Crippen LogP contribution in [0.4, 0.5) is 5.13 Å². The van der Waals surface area contributed by atoms with Gasteiger partial charge in [-0.1, -0.05) is 11.3 Å². The Hall–Kier alpha value is -1.21. The highest BCUT2D eigenvalue weighted by Crippen LogP contribution is 2.22. The van der Waals surface area contributed by atoms with Crippen molar-refractivity contribution in [1.29, 1.82) is 0 Å². The predicted molar refractivity (Wildman–Crippen MR) is 78.7 cm³/mol. The number of nitrogens with zero attached hydrogens (tertiary/aromatic N) is 3. The number of aromatic nitrogens is 2. The molecule has 2 rings (SSSR count). The van der Waals surface area contributed by atoms with Crippen LogP contribution in [0.15, 0.2) is 0 Å². The van der Waals surface area contributed by atoms with Crippen LogP contribution in [0.5, 0.6) is 0 Å². The van der Waals surface area contributed by atoms with E-state index >= 15 is 0 Å². The van der Waals surface area contributed by atoms with Gasteiger partial charge in [0.25, 0.3) is 0 Å². The van der Waals surface area contributed by atoms with E-state index in [1.165, 1.54) is 0 Å². The number of piperidine rings is 1. The summed E-state index contributed by atoms with van der Waals surface area (Å²) in [5.41, 5.74) is 0. The summed E-state index contributed by atoms with van der Waals surface area (Å²) in [5.74, 6) is 0.0236. The van der Waals surface area contributed by atoms with Crippen molar-refractivity contribution in [3.05, 3.63) is 5.01 Å². The number of esters is 1. The minimum Gasteiger partial charge on any atom is -0.466 e. The van der Waals surface area contributed by atoms with E-state index in [2.05, 4.69) is 20.4 Å². The lowest BCUT2D eigenvalue weighted by molar-refractivity contribution is -0.149. The summed E-state index contributed by atoms with van der Waals surface area (Å²) in [7, 11) is 0. The van der Waals surface area contributed by atoms with Crippen molar-refractivity contribution >= 4 is 22.4 Å². The van der Waals surface area contributed by atoms with Gasteiger partial charge in [0.15, 0.2) is 0 Å². The van der Waals surface area contributed by atoms with E-state index in [1.807, 2.05) is 13.8 Å². The minimum atomic E-state index is -0.0440. The summed E-state index contributed by atoms with van der Waals surface area (Å²) in [6.45, 7) is 7.88. The SMILES string of the molecule is CCNc1nnc(CN2CCC(C(=O)OCC)CC2)s1. The summed E-state index contributed by atoms with van der Waals surface area (Å²) in [5, 5.41) is 13.3. The number of hydrogen-bond donors (Lipinski definition) is 1. The van der Waals surface area contributed by atoms with Gasteiger partial charge in [-0.25, -0.2) is 0 Å². The second-order valence-electron chi connectivity index (χ2n) is 4.83. The van der Waals surface area contributed by atoms with Gasteiger partial charge in [-0.15, -0.1) is 10.2 Å². The Morgan fingerprint density at radius 3 is 2.80 bits per heavy atom. The zero-order chi connectivity index (χ0) is 14.4.